The van der Waals surface area contributed by atoms with Gasteiger partial charge in [0.1, 0.15) is 12.2 Å². The molecule has 2 aliphatic carbocycles. The van der Waals surface area contributed by atoms with Gasteiger partial charge >= 0.3 is 29.3 Å². The van der Waals surface area contributed by atoms with E-state index in [1.54, 1.807) is 6.07 Å². The summed E-state index contributed by atoms with van der Waals surface area (Å²) < 4.78 is 116. The van der Waals surface area contributed by atoms with Crippen molar-refractivity contribution in [3.8, 4) is 0 Å². The number of benzene rings is 1. The van der Waals surface area contributed by atoms with E-state index in [1.165, 1.54) is 6.07 Å². The molecule has 0 aromatic heterocycles. The highest BCUT2D eigenvalue weighted by Crippen LogP contribution is 2.59. The van der Waals surface area contributed by atoms with E-state index < -0.39 is 81.4 Å². The Balaban J connectivity index is 1.63. The normalized spacial score (nSPS) is 29.7. The minimum Gasteiger partial charge on any atom is -0.743 e. The van der Waals surface area contributed by atoms with E-state index in [0.717, 1.165) is 0 Å². The molecule has 7 atom stereocenters. The maximum atomic E-state index is 13.9. The molecule has 0 amide bonds. The van der Waals surface area contributed by atoms with Crippen LogP contribution in [0.5, 0.6) is 0 Å². The van der Waals surface area contributed by atoms with Crippen LogP contribution in [0.2, 0.25) is 0 Å². The smallest absolute Gasteiger partial charge is 0.432 e. The molecule has 1 aromatic rings. The first-order valence-electron chi connectivity index (χ1n) is 10.0. The second kappa shape index (κ2) is 9.78. The summed E-state index contributed by atoms with van der Waals surface area (Å²) in [5.74, 6) is -8.99. The zero-order valence-corrected chi connectivity index (χ0v) is 24.8. The van der Waals surface area contributed by atoms with Crippen molar-refractivity contribution in [3.05, 3.63) is 28.4 Å². The van der Waals surface area contributed by atoms with Gasteiger partial charge in [-0.2, -0.15) is 22.0 Å². The second-order valence-electron chi connectivity index (χ2n) is 8.51. The van der Waals surface area contributed by atoms with Crippen LogP contribution in [0.15, 0.2) is 12.1 Å². The van der Waals surface area contributed by atoms with Crippen molar-refractivity contribution >= 4 is 95.8 Å². The molecule has 2 saturated carbocycles. The van der Waals surface area contributed by atoms with E-state index in [2.05, 4.69) is 4.74 Å². The molecule has 18 heteroatoms. The Morgan fingerprint density at radius 1 is 1.11 bits per heavy atom. The quantitative estimate of drug-likeness (QED) is 0.105. The molecule has 3 fully saturated rings. The molecule has 1 heterocycles. The molecule has 9 nitrogen and oxygen atoms in total. The molecule has 0 spiro atoms. The first-order chi connectivity index (χ1) is 16.9. The van der Waals surface area contributed by atoms with Gasteiger partial charge in [-0.1, -0.05) is 0 Å². The van der Waals surface area contributed by atoms with Crippen LogP contribution in [0, 0.1) is 34.4 Å². The minimum absolute atomic E-state index is 0.0351. The van der Waals surface area contributed by atoms with Gasteiger partial charge in [-0.05, 0) is 86.3 Å². The van der Waals surface area contributed by atoms with Gasteiger partial charge in [-0.3, -0.25) is 9.59 Å². The fourth-order valence-corrected chi connectivity index (χ4v) is 7.83. The van der Waals surface area contributed by atoms with Crippen LogP contribution in [0.4, 0.5) is 22.0 Å². The van der Waals surface area contributed by atoms with Crippen molar-refractivity contribution in [2.24, 2.45) is 23.7 Å². The Morgan fingerprint density at radius 2 is 1.73 bits per heavy atom. The van der Waals surface area contributed by atoms with Crippen molar-refractivity contribution in [2.75, 3.05) is 0 Å². The summed E-state index contributed by atoms with van der Waals surface area (Å²) in [6.45, 7) is 0. The van der Waals surface area contributed by atoms with Crippen molar-refractivity contribution in [1.82, 2.24) is 0 Å². The average Bonchev–Trinajstić information content (AvgIpc) is 3.36. The lowest BCUT2D eigenvalue weighted by Crippen LogP contribution is -2.54. The number of hydrogen-bond acceptors (Lipinski definition) is 9. The zero-order valence-electron chi connectivity index (χ0n) is 17.5. The molecule has 1 aliphatic heterocycles. The van der Waals surface area contributed by atoms with Crippen molar-refractivity contribution in [2.45, 2.75) is 36.2 Å². The standard InChI is InChI=1S/C19H12F5I3O9S/c20-18(21,22)17(19(23,24)37(31,32)33)36-16(30)10-6-3-5-9(10)15(29)35-13(5)12(6)34-14(28)7-1-4(25)2-8(26)11(7)27/h1-2,5-6,9-10,12-13,17H,3H2,(H,31,32,33)/p-1. The summed E-state index contributed by atoms with van der Waals surface area (Å²) in [6.07, 6.45) is -13.1. The van der Waals surface area contributed by atoms with E-state index in [0.29, 0.717) is 10.7 Å². The Kier molecular flexibility index (Phi) is 7.76. The second-order valence-corrected chi connectivity index (χ2v) is 13.4. The van der Waals surface area contributed by atoms with Crippen LogP contribution < -0.4 is 0 Å². The van der Waals surface area contributed by atoms with Gasteiger partial charge in [0.15, 0.2) is 10.1 Å². The molecule has 1 saturated heterocycles. The molecule has 204 valence electrons. The van der Waals surface area contributed by atoms with Crippen molar-refractivity contribution < 1.29 is 63.5 Å². The predicted octanol–water partition coefficient (Wildman–Crippen LogP) is 3.45. The van der Waals surface area contributed by atoms with Gasteiger partial charge < -0.3 is 18.8 Å². The fraction of sp³-hybridized carbons (Fsp3) is 0.526. The third-order valence-corrected chi connectivity index (χ3v) is 11.0. The highest BCUT2D eigenvalue weighted by Gasteiger charge is 2.71. The van der Waals surface area contributed by atoms with Gasteiger partial charge in [0.05, 0.1) is 17.4 Å². The molecule has 1 aromatic carbocycles. The topological polar surface area (TPSA) is 136 Å². The zero-order chi connectivity index (χ0) is 27.8. The maximum absolute atomic E-state index is 13.9. The largest absolute Gasteiger partial charge is 0.743 e. The van der Waals surface area contributed by atoms with E-state index >= 15 is 0 Å². The molecule has 0 N–H and O–H groups in total. The third kappa shape index (κ3) is 5.05. The summed E-state index contributed by atoms with van der Waals surface area (Å²) >= 11 is 5.84. The van der Waals surface area contributed by atoms with Crippen LogP contribution in [0.25, 0.3) is 0 Å². The summed E-state index contributed by atoms with van der Waals surface area (Å²) in [4.78, 5) is 38.1. The molecule has 37 heavy (non-hydrogen) atoms. The molecule has 0 radical (unpaired) electrons. The number of ether oxygens (including phenoxy) is 3. The summed E-state index contributed by atoms with van der Waals surface area (Å²) in [7, 11) is -6.90. The average molecular weight is 891 g/mol. The van der Waals surface area contributed by atoms with Crippen LogP contribution in [0.3, 0.4) is 0 Å². The number of alkyl halides is 5. The molecule has 7 unspecified atom stereocenters. The first-order valence-corrected chi connectivity index (χ1v) is 14.7. The molecule has 2 bridgehead atoms. The van der Waals surface area contributed by atoms with E-state index in [-0.39, 0.29) is 12.0 Å². The number of halogens is 8. The highest BCUT2D eigenvalue weighted by molar-refractivity contribution is 14.1. The van der Waals surface area contributed by atoms with E-state index in [1.807, 2.05) is 67.8 Å². The third-order valence-electron chi connectivity index (χ3n) is 6.44. The summed E-state index contributed by atoms with van der Waals surface area (Å²) in [5, 5.41) is -6.04. The Morgan fingerprint density at radius 3 is 2.30 bits per heavy atom. The van der Waals surface area contributed by atoms with E-state index in [4.69, 9.17) is 9.47 Å². The lowest BCUT2D eigenvalue weighted by Gasteiger charge is -2.33. The Hall–Kier alpha value is -0.620. The van der Waals surface area contributed by atoms with Gasteiger partial charge in [0.25, 0.3) is 6.10 Å². The Labute approximate surface area is 245 Å². The minimum atomic E-state index is -6.90. The predicted molar refractivity (Wildman–Crippen MR) is 133 cm³/mol. The highest BCUT2D eigenvalue weighted by atomic mass is 127. The number of esters is 3. The van der Waals surface area contributed by atoms with Crippen LogP contribution in [0.1, 0.15) is 16.8 Å². The summed E-state index contributed by atoms with van der Waals surface area (Å²) in [6, 6.07) is 3.29. The van der Waals surface area contributed by atoms with Crippen LogP contribution >= 0.6 is 67.8 Å². The molecular weight excluding hydrogens is 880 g/mol. The number of carbonyl (C=O) groups excluding carboxylic acids is 3. The molecular formula is C19H11F5I3O9S-. The number of hydrogen-bond donors (Lipinski definition) is 0. The van der Waals surface area contributed by atoms with Gasteiger partial charge in [-0.25, -0.2) is 13.2 Å². The van der Waals surface area contributed by atoms with E-state index in [9.17, 15) is 49.3 Å². The number of carbonyl (C=O) groups is 3. The van der Waals surface area contributed by atoms with Crippen molar-refractivity contribution in [1.29, 1.82) is 0 Å². The lowest BCUT2D eigenvalue weighted by molar-refractivity contribution is -0.262. The van der Waals surface area contributed by atoms with Gasteiger partial charge in [0.2, 0.25) is 0 Å². The SMILES string of the molecule is O=C(OC1C2CC3C1OC(=O)C3C2C(=O)OC(C(F)(F)F)C(F)(F)S(=O)(=O)[O-])c1cc(I)cc(I)c1I. The van der Waals surface area contributed by atoms with Crippen LogP contribution in [-0.2, 0) is 33.9 Å². The molecule has 3 aliphatic rings. The van der Waals surface area contributed by atoms with Crippen molar-refractivity contribution in [3.63, 3.8) is 0 Å². The number of rotatable bonds is 6. The van der Waals surface area contributed by atoms with Gasteiger partial charge in [0, 0.05) is 22.5 Å². The molecule has 4 rings (SSSR count). The van der Waals surface area contributed by atoms with Crippen LogP contribution in [-0.4, -0.2) is 60.6 Å². The maximum Gasteiger partial charge on any atom is 0.432 e. The lowest BCUT2D eigenvalue weighted by atomic mass is 9.78. The monoisotopic (exact) mass is 891 g/mol. The Bertz CT molecular complexity index is 1290. The fourth-order valence-electron chi connectivity index (χ4n) is 5.01. The first kappa shape index (κ1) is 29.4. The summed E-state index contributed by atoms with van der Waals surface area (Å²) in [5.41, 5.74) is 0.136. The number of fused-ring (bicyclic) bond motifs is 1. The van der Waals surface area contributed by atoms with Gasteiger partial charge in [-0.15, -0.1) is 0 Å².